The van der Waals surface area contributed by atoms with Gasteiger partial charge in [0.1, 0.15) is 17.7 Å². The maximum atomic E-state index is 11.5. The number of carbonyl (C=O) groups excluding carboxylic acids is 1. The van der Waals surface area contributed by atoms with Gasteiger partial charge in [0.2, 0.25) is 0 Å². The highest BCUT2D eigenvalue weighted by Crippen LogP contribution is 2.10. The van der Waals surface area contributed by atoms with E-state index in [0.29, 0.717) is 12.8 Å². The van der Waals surface area contributed by atoms with Crippen molar-refractivity contribution >= 4 is 11.9 Å². The Morgan fingerprint density at radius 1 is 1.35 bits per heavy atom. The Morgan fingerprint density at radius 2 is 1.88 bits per heavy atom. The minimum absolute atomic E-state index is 0.0463. The average molecular weight is 247 g/mol. The average Bonchev–Trinajstić information content (AvgIpc) is 2.27. The van der Waals surface area contributed by atoms with E-state index in [0.717, 1.165) is 0 Å². The summed E-state index contributed by atoms with van der Waals surface area (Å²) in [4.78, 5) is 22.0. The van der Waals surface area contributed by atoms with Crippen molar-refractivity contribution in [3.63, 3.8) is 0 Å². The van der Waals surface area contributed by atoms with Crippen molar-refractivity contribution in [1.82, 2.24) is 0 Å². The van der Waals surface area contributed by atoms with Gasteiger partial charge in [-0.15, -0.1) is 0 Å². The molecule has 2 atom stereocenters. The summed E-state index contributed by atoms with van der Waals surface area (Å²) < 4.78 is 12.2. The van der Waals surface area contributed by atoms with Gasteiger partial charge in [-0.1, -0.05) is 0 Å². The van der Waals surface area contributed by atoms with Crippen LogP contribution in [-0.4, -0.2) is 34.7 Å². The lowest BCUT2D eigenvalue weighted by Gasteiger charge is -2.22. The highest BCUT2D eigenvalue weighted by molar-refractivity contribution is 5.76. The zero-order valence-corrected chi connectivity index (χ0v) is 10.3. The highest BCUT2D eigenvalue weighted by Gasteiger charge is 2.22. The van der Waals surface area contributed by atoms with Gasteiger partial charge >= 0.3 is 11.9 Å². The second kappa shape index (κ2) is 6.56. The van der Waals surface area contributed by atoms with E-state index >= 15 is 0 Å². The fourth-order valence-corrected chi connectivity index (χ4v) is 1.15. The lowest BCUT2D eigenvalue weighted by Crippen LogP contribution is -2.38. The fourth-order valence-electron chi connectivity index (χ4n) is 1.15. The minimum atomic E-state index is -1.07. The molecule has 0 saturated heterocycles. The number of ether oxygens (including phenoxy) is 1. The van der Waals surface area contributed by atoms with Gasteiger partial charge in [0.05, 0.1) is 0 Å². The van der Waals surface area contributed by atoms with E-state index in [9.17, 15) is 9.59 Å². The molecule has 0 heterocycles. The summed E-state index contributed by atoms with van der Waals surface area (Å²) >= 11 is 0. The number of hydrogen-bond donors (Lipinski definition) is 3. The molecule has 0 rings (SSSR count). The van der Waals surface area contributed by atoms with E-state index in [1.807, 2.05) is 0 Å². The van der Waals surface area contributed by atoms with Crippen molar-refractivity contribution in [3.8, 4) is 0 Å². The van der Waals surface area contributed by atoms with E-state index in [-0.39, 0.29) is 13.3 Å². The second-order valence-electron chi connectivity index (χ2n) is 4.66. The van der Waals surface area contributed by atoms with Crippen molar-refractivity contribution in [3.05, 3.63) is 0 Å². The molecule has 6 heteroatoms. The molecule has 17 heavy (non-hydrogen) atoms. The molecule has 0 aliphatic heterocycles. The second-order valence-corrected chi connectivity index (χ2v) is 4.66. The van der Waals surface area contributed by atoms with Gasteiger partial charge in [-0.25, -0.2) is 0 Å². The van der Waals surface area contributed by atoms with Gasteiger partial charge in [0, 0.05) is 1.37 Å². The first-order valence-electron chi connectivity index (χ1n) is 6.16. The Bertz CT molecular complexity index is 297. The predicted molar refractivity (Wildman–Crippen MR) is 63.3 cm³/mol. The summed E-state index contributed by atoms with van der Waals surface area (Å²) in [6.07, 6.45) is 1.01. The van der Waals surface area contributed by atoms with Crippen molar-refractivity contribution in [2.75, 3.05) is 0 Å². The third-order valence-electron chi connectivity index (χ3n) is 2.03. The maximum Gasteiger partial charge on any atom is 0.323 e. The number of nitrogens with two attached hydrogens (primary N) is 2. The summed E-state index contributed by atoms with van der Waals surface area (Å²) in [6, 6.07) is -1.74. The molecule has 0 amide bonds. The molecule has 1 unspecified atom stereocenters. The molecule has 5 N–H and O–H groups in total. The number of carboxylic acid groups (broad SMARTS) is 1. The first kappa shape index (κ1) is 13.9. The summed E-state index contributed by atoms with van der Waals surface area (Å²) in [5, 5.41) is 8.57. The number of rotatable bonds is 6. The van der Waals surface area contributed by atoms with E-state index in [4.69, 9.17) is 22.7 Å². The molecule has 0 spiro atoms. The van der Waals surface area contributed by atoms with Gasteiger partial charge in [-0.2, -0.15) is 0 Å². The number of hydrogen-bond acceptors (Lipinski definition) is 5. The SMILES string of the molecule is [2H]CC(C)(C)OC(=O)C(N)CCC[C@H](N)C(=O)O. The Labute approximate surface area is 103 Å². The monoisotopic (exact) mass is 247 g/mol. The van der Waals surface area contributed by atoms with Crippen LogP contribution >= 0.6 is 0 Å². The quantitative estimate of drug-likeness (QED) is 0.579. The molecule has 0 radical (unpaired) electrons. The first-order valence-corrected chi connectivity index (χ1v) is 5.45. The van der Waals surface area contributed by atoms with Crippen LogP contribution in [-0.2, 0) is 14.3 Å². The van der Waals surface area contributed by atoms with Gasteiger partial charge in [-0.05, 0) is 40.0 Å². The van der Waals surface area contributed by atoms with Crippen molar-refractivity contribution in [2.24, 2.45) is 11.5 Å². The zero-order valence-electron chi connectivity index (χ0n) is 11.3. The largest absolute Gasteiger partial charge is 0.480 e. The molecular formula is C11H22N2O4. The highest BCUT2D eigenvalue weighted by atomic mass is 16.6. The van der Waals surface area contributed by atoms with Crippen LogP contribution in [0.1, 0.15) is 41.4 Å². The molecule has 0 aliphatic carbocycles. The molecule has 0 aromatic rings. The summed E-state index contributed by atoms with van der Waals surface area (Å²) in [6.45, 7) is 3.21. The first-order chi connectivity index (χ1) is 8.19. The molecule has 6 nitrogen and oxygen atoms in total. The molecule has 0 bridgehead atoms. The van der Waals surface area contributed by atoms with Crippen molar-refractivity contribution in [1.29, 1.82) is 0 Å². The van der Waals surface area contributed by atoms with Gasteiger partial charge in [-0.3, -0.25) is 9.59 Å². The zero-order chi connectivity index (χ0) is 14.3. The molecule has 0 fully saturated rings. The van der Waals surface area contributed by atoms with Crippen LogP contribution in [0.5, 0.6) is 0 Å². The topological polar surface area (TPSA) is 116 Å². The van der Waals surface area contributed by atoms with E-state index < -0.39 is 29.6 Å². The Kier molecular flexibility index (Phi) is 5.37. The van der Waals surface area contributed by atoms with Crippen molar-refractivity contribution in [2.45, 2.75) is 57.7 Å². The summed E-state index contributed by atoms with van der Waals surface area (Å²) in [7, 11) is 0. The van der Waals surface area contributed by atoms with Crippen LogP contribution in [0.25, 0.3) is 0 Å². The van der Waals surface area contributed by atoms with Gasteiger partial charge < -0.3 is 21.3 Å². The number of carbonyl (C=O) groups is 2. The number of esters is 1. The Balaban J connectivity index is 3.99. The Morgan fingerprint density at radius 3 is 2.35 bits per heavy atom. The van der Waals surface area contributed by atoms with Gasteiger partial charge in [0.15, 0.2) is 0 Å². The van der Waals surface area contributed by atoms with E-state index in [1.165, 1.54) is 0 Å². The molecule has 0 aliphatic rings. The number of aliphatic carboxylic acids is 1. The third-order valence-corrected chi connectivity index (χ3v) is 2.03. The summed E-state index contributed by atoms with van der Waals surface area (Å²) in [5.41, 5.74) is 10.1. The minimum Gasteiger partial charge on any atom is -0.480 e. The van der Waals surface area contributed by atoms with Crippen LogP contribution < -0.4 is 11.5 Å². The van der Waals surface area contributed by atoms with E-state index in [2.05, 4.69) is 0 Å². The lowest BCUT2D eigenvalue weighted by molar-refractivity contribution is -0.156. The number of carboxylic acids is 1. The van der Waals surface area contributed by atoms with Crippen molar-refractivity contribution < 1.29 is 20.8 Å². The smallest absolute Gasteiger partial charge is 0.323 e. The van der Waals surface area contributed by atoms with E-state index in [1.54, 1.807) is 13.8 Å². The lowest BCUT2D eigenvalue weighted by atomic mass is 10.1. The van der Waals surface area contributed by atoms with Gasteiger partial charge in [0.25, 0.3) is 0 Å². The molecule has 0 saturated carbocycles. The van der Waals surface area contributed by atoms with Crippen LogP contribution in [0.15, 0.2) is 0 Å². The Hall–Kier alpha value is -1.14. The normalized spacial score (nSPS) is 15.9. The molecule has 100 valence electrons. The predicted octanol–water partition coefficient (Wildman–Crippen LogP) is 0.238. The molecule has 0 aromatic carbocycles. The third kappa shape index (κ3) is 7.70. The van der Waals surface area contributed by atoms with Crippen LogP contribution in [0.3, 0.4) is 0 Å². The van der Waals surface area contributed by atoms with Crippen LogP contribution in [0.4, 0.5) is 0 Å². The fraction of sp³-hybridized carbons (Fsp3) is 0.818. The molecule has 0 aromatic heterocycles. The standard InChI is InChI=1S/C11H22N2O4/c1-11(2,3)17-10(16)8(13)6-4-5-7(12)9(14)15/h7-8H,4-6,12-13H2,1-3H3,(H,14,15)/t7-,8?/m0/s1/i1D. The van der Waals surface area contributed by atoms with Crippen LogP contribution in [0.2, 0.25) is 0 Å². The maximum absolute atomic E-state index is 11.5. The van der Waals surface area contributed by atoms with Crippen LogP contribution in [0, 0.1) is 0 Å². The molecular weight excluding hydrogens is 224 g/mol. The summed E-state index contributed by atoms with van der Waals surface area (Å²) in [5.74, 6) is -1.64.